The van der Waals surface area contributed by atoms with E-state index in [1.807, 2.05) is 0 Å². The predicted molar refractivity (Wildman–Crippen MR) is 56.7 cm³/mol. The number of benzene rings is 1. The van der Waals surface area contributed by atoms with Crippen molar-refractivity contribution in [3.63, 3.8) is 0 Å². The molecule has 1 aromatic carbocycles. The first-order valence-corrected chi connectivity index (χ1v) is 4.62. The molecule has 0 amide bonds. The highest BCUT2D eigenvalue weighted by molar-refractivity contribution is 5.54. The second-order valence-corrected chi connectivity index (χ2v) is 3.13. The molecule has 0 unspecified atom stereocenters. The van der Waals surface area contributed by atoms with Crippen LogP contribution in [0.3, 0.4) is 0 Å². The molecule has 0 aliphatic rings. The topological polar surface area (TPSA) is 47.9 Å². The Kier molecular flexibility index (Phi) is 3.80. The van der Waals surface area contributed by atoms with Gasteiger partial charge in [0, 0.05) is 0 Å². The number of hydrogen-bond acceptors (Lipinski definition) is 4. The monoisotopic (exact) mass is 212 g/mol. The number of aliphatic hydroxyl groups excluding tert-OH is 1. The molecule has 1 aromatic rings. The van der Waals surface area contributed by atoms with Crippen molar-refractivity contribution in [2.75, 3.05) is 21.3 Å². The van der Waals surface area contributed by atoms with E-state index in [4.69, 9.17) is 14.2 Å². The van der Waals surface area contributed by atoms with E-state index in [1.54, 1.807) is 40.4 Å². The minimum absolute atomic E-state index is 0.532. The molecule has 0 radical (unpaired) electrons. The van der Waals surface area contributed by atoms with Crippen LogP contribution in [0.1, 0.15) is 18.6 Å². The molecular weight excluding hydrogens is 196 g/mol. The second kappa shape index (κ2) is 4.89. The molecule has 4 heteroatoms. The fourth-order valence-electron chi connectivity index (χ4n) is 1.34. The maximum absolute atomic E-state index is 9.48. The van der Waals surface area contributed by atoms with Crippen LogP contribution in [-0.4, -0.2) is 26.4 Å². The molecule has 0 saturated carbocycles. The third kappa shape index (κ3) is 2.33. The van der Waals surface area contributed by atoms with Crippen LogP contribution in [0.25, 0.3) is 0 Å². The van der Waals surface area contributed by atoms with Gasteiger partial charge in [0.25, 0.3) is 0 Å². The minimum atomic E-state index is -0.571. The van der Waals surface area contributed by atoms with Gasteiger partial charge in [-0.25, -0.2) is 0 Å². The van der Waals surface area contributed by atoms with Crippen molar-refractivity contribution in [3.8, 4) is 17.2 Å². The van der Waals surface area contributed by atoms with Gasteiger partial charge in [0.05, 0.1) is 27.4 Å². The number of methoxy groups -OCH3 is 3. The van der Waals surface area contributed by atoms with E-state index in [9.17, 15) is 5.11 Å². The smallest absolute Gasteiger partial charge is 0.203 e. The maximum Gasteiger partial charge on any atom is 0.203 e. The highest BCUT2D eigenvalue weighted by atomic mass is 16.5. The summed E-state index contributed by atoms with van der Waals surface area (Å²) in [6, 6.07) is 3.46. The molecule has 1 atom stereocenters. The zero-order chi connectivity index (χ0) is 11.4. The predicted octanol–water partition coefficient (Wildman–Crippen LogP) is 1.77. The molecule has 15 heavy (non-hydrogen) atoms. The van der Waals surface area contributed by atoms with E-state index in [1.165, 1.54) is 0 Å². The quantitative estimate of drug-likeness (QED) is 0.826. The van der Waals surface area contributed by atoms with Crippen LogP contribution in [-0.2, 0) is 0 Å². The van der Waals surface area contributed by atoms with Crippen LogP contribution in [0.5, 0.6) is 17.2 Å². The van der Waals surface area contributed by atoms with Gasteiger partial charge in [-0.15, -0.1) is 0 Å². The summed E-state index contributed by atoms with van der Waals surface area (Å²) in [6.45, 7) is 1.68. The lowest BCUT2D eigenvalue weighted by atomic mass is 10.1. The van der Waals surface area contributed by atoms with Gasteiger partial charge in [0.1, 0.15) is 0 Å². The zero-order valence-electron chi connectivity index (χ0n) is 9.40. The SMILES string of the molecule is COc1cc([C@H](C)O)cc(OC)c1OC. The summed E-state index contributed by atoms with van der Waals surface area (Å²) in [5.74, 6) is 1.63. The average Bonchev–Trinajstić information content (AvgIpc) is 2.26. The van der Waals surface area contributed by atoms with Gasteiger partial charge in [-0.2, -0.15) is 0 Å². The zero-order valence-corrected chi connectivity index (χ0v) is 9.40. The number of aliphatic hydroxyl groups is 1. The summed E-state index contributed by atoms with van der Waals surface area (Å²) in [5, 5.41) is 9.48. The lowest BCUT2D eigenvalue weighted by Crippen LogP contribution is -1.98. The van der Waals surface area contributed by atoms with Crippen LogP contribution in [0.15, 0.2) is 12.1 Å². The molecular formula is C11H16O4. The molecule has 1 N–H and O–H groups in total. The van der Waals surface area contributed by atoms with E-state index in [0.717, 1.165) is 5.56 Å². The normalized spacial score (nSPS) is 12.1. The molecule has 0 heterocycles. The number of rotatable bonds is 4. The Labute approximate surface area is 89.4 Å². The Hall–Kier alpha value is -1.42. The van der Waals surface area contributed by atoms with E-state index >= 15 is 0 Å². The largest absolute Gasteiger partial charge is 0.493 e. The van der Waals surface area contributed by atoms with Gasteiger partial charge in [-0.05, 0) is 24.6 Å². The summed E-state index contributed by atoms with van der Waals surface area (Å²) in [6.07, 6.45) is -0.571. The van der Waals surface area contributed by atoms with Crippen LogP contribution >= 0.6 is 0 Å². The Balaban J connectivity index is 3.29. The Bertz CT molecular complexity index is 308. The fourth-order valence-corrected chi connectivity index (χ4v) is 1.34. The van der Waals surface area contributed by atoms with Crippen molar-refractivity contribution in [1.29, 1.82) is 0 Å². The van der Waals surface area contributed by atoms with Gasteiger partial charge >= 0.3 is 0 Å². The first-order valence-electron chi connectivity index (χ1n) is 4.62. The summed E-state index contributed by atoms with van der Waals surface area (Å²) in [5.41, 5.74) is 0.726. The molecule has 0 aliphatic heterocycles. The highest BCUT2D eigenvalue weighted by Crippen LogP contribution is 2.39. The van der Waals surface area contributed by atoms with Crippen molar-refractivity contribution in [1.82, 2.24) is 0 Å². The maximum atomic E-state index is 9.48. The van der Waals surface area contributed by atoms with E-state index in [-0.39, 0.29) is 0 Å². The first kappa shape index (κ1) is 11.7. The van der Waals surface area contributed by atoms with Crippen molar-refractivity contribution in [2.24, 2.45) is 0 Å². The third-order valence-corrected chi connectivity index (χ3v) is 2.17. The fraction of sp³-hybridized carbons (Fsp3) is 0.455. The Morgan fingerprint density at radius 2 is 1.47 bits per heavy atom. The molecule has 0 bridgehead atoms. The average molecular weight is 212 g/mol. The molecule has 4 nitrogen and oxygen atoms in total. The molecule has 0 aromatic heterocycles. The first-order chi connectivity index (χ1) is 7.13. The van der Waals surface area contributed by atoms with E-state index in [0.29, 0.717) is 17.2 Å². The van der Waals surface area contributed by atoms with Crippen LogP contribution in [0, 0.1) is 0 Å². The number of hydrogen-bond donors (Lipinski definition) is 1. The lowest BCUT2D eigenvalue weighted by molar-refractivity contribution is 0.198. The van der Waals surface area contributed by atoms with Gasteiger partial charge in [0.15, 0.2) is 11.5 Å². The van der Waals surface area contributed by atoms with Crippen molar-refractivity contribution in [2.45, 2.75) is 13.0 Å². The third-order valence-electron chi connectivity index (χ3n) is 2.17. The summed E-state index contributed by atoms with van der Waals surface area (Å²) >= 11 is 0. The van der Waals surface area contributed by atoms with Crippen molar-refractivity contribution >= 4 is 0 Å². The van der Waals surface area contributed by atoms with Crippen molar-refractivity contribution in [3.05, 3.63) is 17.7 Å². The summed E-state index contributed by atoms with van der Waals surface area (Å²) in [7, 11) is 4.63. The Morgan fingerprint density at radius 3 is 1.73 bits per heavy atom. The van der Waals surface area contributed by atoms with E-state index < -0.39 is 6.10 Å². The summed E-state index contributed by atoms with van der Waals surface area (Å²) < 4.78 is 15.5. The van der Waals surface area contributed by atoms with Crippen LogP contribution in [0.2, 0.25) is 0 Å². The minimum Gasteiger partial charge on any atom is -0.493 e. The van der Waals surface area contributed by atoms with E-state index in [2.05, 4.69) is 0 Å². The van der Waals surface area contributed by atoms with Crippen molar-refractivity contribution < 1.29 is 19.3 Å². The highest BCUT2D eigenvalue weighted by Gasteiger charge is 2.14. The molecule has 0 saturated heterocycles. The molecule has 84 valence electrons. The molecule has 0 fully saturated rings. The van der Waals surface area contributed by atoms with Gasteiger partial charge < -0.3 is 19.3 Å². The number of ether oxygens (including phenoxy) is 3. The van der Waals surface area contributed by atoms with Crippen LogP contribution < -0.4 is 14.2 Å². The second-order valence-electron chi connectivity index (χ2n) is 3.13. The van der Waals surface area contributed by atoms with Gasteiger partial charge in [0.2, 0.25) is 5.75 Å². The van der Waals surface area contributed by atoms with Crippen LogP contribution in [0.4, 0.5) is 0 Å². The van der Waals surface area contributed by atoms with Gasteiger partial charge in [-0.1, -0.05) is 0 Å². The standard InChI is InChI=1S/C11H16O4/c1-7(12)8-5-9(13-2)11(15-4)10(6-8)14-3/h5-7,12H,1-4H3/t7-/m0/s1. The Morgan fingerprint density at radius 1 is 1.00 bits per heavy atom. The molecule has 0 spiro atoms. The summed E-state index contributed by atoms with van der Waals surface area (Å²) in [4.78, 5) is 0. The van der Waals surface area contributed by atoms with Gasteiger partial charge in [-0.3, -0.25) is 0 Å². The lowest BCUT2D eigenvalue weighted by Gasteiger charge is -2.15. The molecule has 1 rings (SSSR count). The molecule has 0 aliphatic carbocycles.